The summed E-state index contributed by atoms with van der Waals surface area (Å²) in [6, 6.07) is 0. The number of nitrogens with zero attached hydrogens (tertiary/aromatic N) is 3. The summed E-state index contributed by atoms with van der Waals surface area (Å²) in [4.78, 5) is 12.1. The van der Waals surface area contributed by atoms with Gasteiger partial charge in [-0.2, -0.15) is 0 Å². The lowest BCUT2D eigenvalue weighted by molar-refractivity contribution is 0.212. The maximum Gasteiger partial charge on any atom is 0.203 e. The summed E-state index contributed by atoms with van der Waals surface area (Å²) in [6.07, 6.45) is 3.82. The molecular weight excluding hydrogens is 174 g/mol. The van der Waals surface area contributed by atoms with E-state index in [4.69, 9.17) is 0 Å². The minimum atomic E-state index is 0.199. The van der Waals surface area contributed by atoms with Crippen LogP contribution in [0.15, 0.2) is 21.3 Å². The first-order chi connectivity index (χ1) is 5.81. The first kappa shape index (κ1) is 7.67. The highest BCUT2D eigenvalue weighted by Crippen LogP contribution is 2.34. The molecule has 64 valence electrons. The normalized spacial score (nSPS) is 29.5. The monoisotopic (exact) mass is 183 g/mol. The molecule has 0 aliphatic carbocycles. The number of hydrogen-bond acceptors (Lipinski definition) is 4. The van der Waals surface area contributed by atoms with Crippen molar-refractivity contribution in [2.75, 3.05) is 7.11 Å². The van der Waals surface area contributed by atoms with Gasteiger partial charge in [-0.1, -0.05) is 16.9 Å². The van der Waals surface area contributed by atoms with Gasteiger partial charge < -0.3 is 9.74 Å². The molecule has 1 unspecified atom stereocenters. The van der Waals surface area contributed by atoms with Crippen LogP contribution in [0.5, 0.6) is 0 Å². The molecule has 0 bridgehead atoms. The van der Waals surface area contributed by atoms with Gasteiger partial charge in [-0.25, -0.2) is 4.99 Å². The van der Waals surface area contributed by atoms with E-state index >= 15 is 0 Å². The highest BCUT2D eigenvalue weighted by atomic mass is 32.2. The Morgan fingerprint density at radius 1 is 1.75 bits per heavy atom. The van der Waals surface area contributed by atoms with Gasteiger partial charge in [-0.05, 0) is 6.92 Å². The predicted molar refractivity (Wildman–Crippen MR) is 49.9 cm³/mol. The molecule has 0 amide bonds. The van der Waals surface area contributed by atoms with Crippen LogP contribution in [0.3, 0.4) is 0 Å². The molecular formula is C7H9N3OS. The van der Waals surface area contributed by atoms with Gasteiger partial charge >= 0.3 is 0 Å². The average molecular weight is 183 g/mol. The second-order valence-electron chi connectivity index (χ2n) is 2.53. The molecule has 12 heavy (non-hydrogen) atoms. The Bertz CT molecular complexity index is 284. The highest BCUT2D eigenvalue weighted by molar-refractivity contribution is 8.04. The Balaban J connectivity index is 2.19. The number of hydrogen-bond donors (Lipinski definition) is 0. The third-order valence-corrected chi connectivity index (χ3v) is 2.78. The Morgan fingerprint density at radius 3 is 3.33 bits per heavy atom. The molecule has 1 atom stereocenters. The van der Waals surface area contributed by atoms with Gasteiger partial charge in [0.05, 0.1) is 6.34 Å². The lowest BCUT2D eigenvalue weighted by atomic mass is 10.5. The van der Waals surface area contributed by atoms with Crippen LogP contribution in [-0.4, -0.2) is 29.6 Å². The van der Waals surface area contributed by atoms with E-state index in [2.05, 4.69) is 28.1 Å². The van der Waals surface area contributed by atoms with E-state index in [-0.39, 0.29) is 5.37 Å². The Hall–Kier alpha value is -0.970. The van der Waals surface area contributed by atoms with Crippen molar-refractivity contribution in [2.45, 2.75) is 12.3 Å². The molecule has 0 N–H and O–H groups in total. The van der Waals surface area contributed by atoms with Gasteiger partial charge in [0.25, 0.3) is 0 Å². The smallest absolute Gasteiger partial charge is 0.203 e. The Labute approximate surface area is 75.0 Å². The number of thioether (sulfide) groups is 1. The zero-order chi connectivity index (χ0) is 8.55. The number of allylic oxidation sites excluding steroid dienone is 1. The maximum atomic E-state index is 4.68. The number of rotatable bonds is 1. The molecule has 4 nitrogen and oxygen atoms in total. The summed E-state index contributed by atoms with van der Waals surface area (Å²) in [5.41, 5.74) is 0. The van der Waals surface area contributed by atoms with E-state index in [9.17, 15) is 0 Å². The SMILES string of the molecule is CON=C1N=CN2C=C(C)SC12. The van der Waals surface area contributed by atoms with Crippen molar-refractivity contribution in [1.82, 2.24) is 4.90 Å². The van der Waals surface area contributed by atoms with Crippen molar-refractivity contribution in [1.29, 1.82) is 0 Å². The summed E-state index contributed by atoms with van der Waals surface area (Å²) in [6.45, 7) is 2.07. The number of aliphatic imine (C=N–C) groups is 1. The number of amidine groups is 1. The second-order valence-corrected chi connectivity index (χ2v) is 3.86. The molecule has 0 aromatic rings. The third kappa shape index (κ3) is 1.10. The quantitative estimate of drug-likeness (QED) is 0.574. The average Bonchev–Trinajstić information content (AvgIpc) is 2.52. The molecule has 0 saturated heterocycles. The Morgan fingerprint density at radius 2 is 2.58 bits per heavy atom. The molecule has 0 aromatic carbocycles. The van der Waals surface area contributed by atoms with Crippen molar-refractivity contribution < 1.29 is 4.84 Å². The molecule has 2 heterocycles. The Kier molecular flexibility index (Phi) is 1.80. The van der Waals surface area contributed by atoms with Crippen LogP contribution in [-0.2, 0) is 4.84 Å². The first-order valence-corrected chi connectivity index (χ1v) is 4.47. The van der Waals surface area contributed by atoms with Crippen LogP contribution in [0.1, 0.15) is 6.92 Å². The fraction of sp³-hybridized carbons (Fsp3) is 0.429. The van der Waals surface area contributed by atoms with Crippen molar-refractivity contribution >= 4 is 23.9 Å². The van der Waals surface area contributed by atoms with Gasteiger partial charge in [-0.3, -0.25) is 0 Å². The van der Waals surface area contributed by atoms with Gasteiger partial charge in [0, 0.05) is 11.1 Å². The fourth-order valence-electron chi connectivity index (χ4n) is 1.18. The third-order valence-electron chi connectivity index (χ3n) is 1.63. The molecule has 2 aliphatic heterocycles. The van der Waals surface area contributed by atoms with E-state index in [1.807, 2.05) is 4.90 Å². The largest absolute Gasteiger partial charge is 0.398 e. The minimum Gasteiger partial charge on any atom is -0.398 e. The van der Waals surface area contributed by atoms with E-state index in [1.54, 1.807) is 18.1 Å². The second kappa shape index (κ2) is 2.82. The zero-order valence-corrected chi connectivity index (χ0v) is 7.71. The van der Waals surface area contributed by atoms with E-state index in [1.165, 1.54) is 12.0 Å². The molecule has 2 aliphatic rings. The van der Waals surface area contributed by atoms with Crippen LogP contribution in [0.2, 0.25) is 0 Å². The van der Waals surface area contributed by atoms with E-state index < -0.39 is 0 Å². The molecule has 5 heteroatoms. The molecule has 0 radical (unpaired) electrons. The molecule has 0 fully saturated rings. The van der Waals surface area contributed by atoms with E-state index in [0.29, 0.717) is 0 Å². The molecule has 2 rings (SSSR count). The lowest BCUT2D eigenvalue weighted by Crippen LogP contribution is -2.22. The summed E-state index contributed by atoms with van der Waals surface area (Å²) in [7, 11) is 1.53. The standard InChI is InChI=1S/C7H9N3OS/c1-5-3-10-4-8-6(9-11-2)7(10)12-5/h3-4,7H,1-2H3. The molecule has 0 saturated carbocycles. The van der Waals surface area contributed by atoms with Gasteiger partial charge in [-0.15, -0.1) is 0 Å². The van der Waals surface area contributed by atoms with Crippen molar-refractivity contribution in [3.8, 4) is 0 Å². The van der Waals surface area contributed by atoms with Crippen LogP contribution in [0.25, 0.3) is 0 Å². The highest BCUT2D eigenvalue weighted by Gasteiger charge is 2.31. The number of fused-ring (bicyclic) bond motifs is 1. The minimum absolute atomic E-state index is 0.199. The predicted octanol–water partition coefficient (Wildman–Crippen LogP) is 1.22. The summed E-state index contributed by atoms with van der Waals surface area (Å²) < 4.78 is 0. The maximum absolute atomic E-state index is 4.68. The lowest BCUT2D eigenvalue weighted by Gasteiger charge is -2.10. The zero-order valence-electron chi connectivity index (χ0n) is 6.89. The first-order valence-electron chi connectivity index (χ1n) is 3.59. The van der Waals surface area contributed by atoms with Gasteiger partial charge in [0.2, 0.25) is 5.84 Å². The van der Waals surface area contributed by atoms with Crippen molar-refractivity contribution in [2.24, 2.45) is 10.1 Å². The summed E-state index contributed by atoms with van der Waals surface area (Å²) in [5.74, 6) is 0.732. The fourth-order valence-corrected chi connectivity index (χ4v) is 2.16. The molecule has 0 spiro atoms. The number of oxime groups is 1. The van der Waals surface area contributed by atoms with Crippen molar-refractivity contribution in [3.05, 3.63) is 11.1 Å². The van der Waals surface area contributed by atoms with E-state index in [0.717, 1.165) is 5.84 Å². The summed E-state index contributed by atoms with van der Waals surface area (Å²) in [5, 5.41) is 4.02. The van der Waals surface area contributed by atoms with Crippen LogP contribution in [0.4, 0.5) is 0 Å². The topological polar surface area (TPSA) is 37.2 Å². The van der Waals surface area contributed by atoms with Crippen LogP contribution in [0, 0.1) is 0 Å². The van der Waals surface area contributed by atoms with Gasteiger partial charge in [0.15, 0.2) is 0 Å². The van der Waals surface area contributed by atoms with Crippen LogP contribution < -0.4 is 0 Å². The van der Waals surface area contributed by atoms with Crippen LogP contribution >= 0.6 is 11.8 Å². The molecule has 0 aromatic heterocycles. The van der Waals surface area contributed by atoms with Gasteiger partial charge in [0.1, 0.15) is 12.5 Å². The van der Waals surface area contributed by atoms with Crippen molar-refractivity contribution in [3.63, 3.8) is 0 Å². The summed E-state index contributed by atoms with van der Waals surface area (Å²) >= 11 is 1.74.